The van der Waals surface area contributed by atoms with E-state index in [0.717, 1.165) is 51.5 Å². The van der Waals surface area contributed by atoms with Gasteiger partial charge in [-0.25, -0.2) is 0 Å². The fourth-order valence-electron chi connectivity index (χ4n) is 2.69. The molecule has 1 aromatic carbocycles. The summed E-state index contributed by atoms with van der Waals surface area (Å²) in [4.78, 5) is 17.9. The Kier molecular flexibility index (Phi) is 4.38. The van der Waals surface area contributed by atoms with Crippen molar-refractivity contribution in [2.45, 2.75) is 32.4 Å². The highest BCUT2D eigenvalue weighted by Gasteiger charge is 2.19. The lowest BCUT2D eigenvalue weighted by molar-refractivity contribution is -0.128. The molecule has 2 aliphatic heterocycles. The highest BCUT2D eigenvalue weighted by atomic mass is 16.2. The third-order valence-electron chi connectivity index (χ3n) is 3.92. The Hall–Kier alpha value is -2.04. The van der Waals surface area contributed by atoms with Gasteiger partial charge in [-0.15, -0.1) is 0 Å². The molecule has 2 N–H and O–H groups in total. The Labute approximate surface area is 125 Å². The van der Waals surface area contributed by atoms with Crippen molar-refractivity contribution >= 4 is 11.9 Å². The number of nitrogens with zero attached hydrogens (tertiary/aromatic N) is 2. The van der Waals surface area contributed by atoms with E-state index in [-0.39, 0.29) is 5.91 Å². The Bertz CT molecular complexity index is 524. The van der Waals surface area contributed by atoms with Crippen LogP contribution in [-0.4, -0.2) is 36.4 Å². The molecule has 5 heteroatoms. The molecule has 0 aliphatic carbocycles. The van der Waals surface area contributed by atoms with Crippen LogP contribution in [0.4, 0.5) is 0 Å². The average Bonchev–Trinajstić information content (AvgIpc) is 2.93. The number of hydrogen-bond donors (Lipinski definition) is 2. The van der Waals surface area contributed by atoms with Gasteiger partial charge in [-0.05, 0) is 24.0 Å². The van der Waals surface area contributed by atoms with E-state index in [4.69, 9.17) is 0 Å². The summed E-state index contributed by atoms with van der Waals surface area (Å²) < 4.78 is 0. The van der Waals surface area contributed by atoms with Crippen molar-refractivity contribution in [1.82, 2.24) is 15.5 Å². The van der Waals surface area contributed by atoms with Gasteiger partial charge in [0.1, 0.15) is 0 Å². The number of hydrogen-bond acceptors (Lipinski definition) is 4. The van der Waals surface area contributed by atoms with Crippen molar-refractivity contribution in [2.75, 3.05) is 19.6 Å². The summed E-state index contributed by atoms with van der Waals surface area (Å²) in [6, 6.07) is 8.45. The summed E-state index contributed by atoms with van der Waals surface area (Å²) in [5.74, 6) is 1.18. The zero-order chi connectivity index (χ0) is 14.5. The van der Waals surface area contributed by atoms with Crippen molar-refractivity contribution in [3.8, 4) is 0 Å². The third kappa shape index (κ3) is 3.74. The van der Waals surface area contributed by atoms with Gasteiger partial charge in [0.15, 0.2) is 5.96 Å². The van der Waals surface area contributed by atoms with Crippen LogP contribution in [0.15, 0.2) is 29.3 Å². The smallest absolute Gasteiger partial charge is 0.222 e. The first-order valence-electron chi connectivity index (χ1n) is 7.69. The van der Waals surface area contributed by atoms with Gasteiger partial charge in [0.2, 0.25) is 5.91 Å². The molecule has 0 spiro atoms. The fraction of sp³-hybridized carbons (Fsp3) is 0.500. The van der Waals surface area contributed by atoms with Crippen LogP contribution < -0.4 is 10.6 Å². The first-order chi connectivity index (χ1) is 10.3. The highest BCUT2D eigenvalue weighted by Crippen LogP contribution is 2.14. The molecule has 0 saturated carbocycles. The fourth-order valence-corrected chi connectivity index (χ4v) is 2.69. The first kappa shape index (κ1) is 13.9. The molecule has 112 valence electrons. The number of carbonyl (C=O) groups excluding carboxylic acids is 1. The van der Waals surface area contributed by atoms with Crippen LogP contribution in [0.3, 0.4) is 0 Å². The minimum absolute atomic E-state index is 0.280. The number of rotatable bonds is 4. The summed E-state index contributed by atoms with van der Waals surface area (Å²) in [7, 11) is 0. The maximum atomic E-state index is 11.6. The van der Waals surface area contributed by atoms with Gasteiger partial charge in [0.05, 0.1) is 0 Å². The van der Waals surface area contributed by atoms with Crippen LogP contribution in [0, 0.1) is 0 Å². The predicted octanol–water partition coefficient (Wildman–Crippen LogP) is 1.25. The minimum atomic E-state index is 0.280. The van der Waals surface area contributed by atoms with E-state index in [9.17, 15) is 4.79 Å². The standard InChI is InChI=1S/C16H22N4O/c21-15-3-1-10-20(15)12-14-6-4-13(5-7-14)11-19-16-17-8-2-9-18-16/h4-7H,1-3,8-12H2,(H2,17,18,19). The summed E-state index contributed by atoms with van der Waals surface area (Å²) in [5.41, 5.74) is 2.42. The molecular formula is C16H22N4O. The molecule has 2 heterocycles. The minimum Gasteiger partial charge on any atom is -0.356 e. The van der Waals surface area contributed by atoms with Crippen molar-refractivity contribution in [2.24, 2.45) is 4.99 Å². The molecule has 2 aliphatic rings. The largest absolute Gasteiger partial charge is 0.356 e. The van der Waals surface area contributed by atoms with Crippen molar-refractivity contribution in [1.29, 1.82) is 0 Å². The van der Waals surface area contributed by atoms with Gasteiger partial charge in [-0.1, -0.05) is 24.3 Å². The van der Waals surface area contributed by atoms with Gasteiger partial charge in [0, 0.05) is 39.1 Å². The zero-order valence-corrected chi connectivity index (χ0v) is 12.3. The molecule has 0 atom stereocenters. The molecule has 3 rings (SSSR count). The summed E-state index contributed by atoms with van der Waals surface area (Å²) >= 11 is 0. The van der Waals surface area contributed by atoms with Crippen LogP contribution in [0.2, 0.25) is 0 Å². The zero-order valence-electron chi connectivity index (χ0n) is 12.3. The average molecular weight is 286 g/mol. The van der Waals surface area contributed by atoms with E-state index in [1.807, 2.05) is 4.90 Å². The molecule has 0 bridgehead atoms. The predicted molar refractivity (Wildman–Crippen MR) is 82.9 cm³/mol. The molecule has 0 unspecified atom stereocenters. The number of likely N-dealkylation sites (tertiary alicyclic amines) is 1. The SMILES string of the molecule is O=C1CCCN1Cc1ccc(CNC2=NCCCN2)cc1. The molecule has 1 fully saturated rings. The molecule has 0 aromatic heterocycles. The Balaban J connectivity index is 1.51. The number of benzene rings is 1. The Morgan fingerprint density at radius 2 is 2.00 bits per heavy atom. The second-order valence-corrected chi connectivity index (χ2v) is 5.60. The first-order valence-corrected chi connectivity index (χ1v) is 7.69. The molecule has 21 heavy (non-hydrogen) atoms. The summed E-state index contributed by atoms with van der Waals surface area (Å²) in [6.07, 6.45) is 2.81. The van der Waals surface area contributed by atoms with E-state index in [1.165, 1.54) is 11.1 Å². The third-order valence-corrected chi connectivity index (χ3v) is 3.92. The molecule has 1 aromatic rings. The van der Waals surface area contributed by atoms with Crippen molar-refractivity contribution < 1.29 is 4.79 Å². The van der Waals surface area contributed by atoms with Crippen LogP contribution in [-0.2, 0) is 17.9 Å². The van der Waals surface area contributed by atoms with E-state index in [2.05, 4.69) is 39.9 Å². The van der Waals surface area contributed by atoms with E-state index in [1.54, 1.807) is 0 Å². The summed E-state index contributed by atoms with van der Waals surface area (Å²) in [5, 5.41) is 6.56. The highest BCUT2D eigenvalue weighted by molar-refractivity contribution is 5.80. The van der Waals surface area contributed by atoms with Crippen LogP contribution in [0.1, 0.15) is 30.4 Å². The van der Waals surface area contributed by atoms with E-state index in [0.29, 0.717) is 6.42 Å². The molecule has 1 saturated heterocycles. The second kappa shape index (κ2) is 6.61. The van der Waals surface area contributed by atoms with Crippen LogP contribution in [0.5, 0.6) is 0 Å². The molecular weight excluding hydrogens is 264 g/mol. The van der Waals surface area contributed by atoms with Crippen LogP contribution >= 0.6 is 0 Å². The van der Waals surface area contributed by atoms with Gasteiger partial charge >= 0.3 is 0 Å². The number of amides is 1. The van der Waals surface area contributed by atoms with Gasteiger partial charge in [0.25, 0.3) is 0 Å². The lowest BCUT2D eigenvalue weighted by Gasteiger charge is -2.17. The van der Waals surface area contributed by atoms with Gasteiger partial charge in [-0.2, -0.15) is 0 Å². The lowest BCUT2D eigenvalue weighted by atomic mass is 10.1. The van der Waals surface area contributed by atoms with Crippen LogP contribution in [0.25, 0.3) is 0 Å². The number of aliphatic imine (C=N–C) groups is 1. The maximum Gasteiger partial charge on any atom is 0.222 e. The monoisotopic (exact) mass is 286 g/mol. The topological polar surface area (TPSA) is 56.7 Å². The number of guanidine groups is 1. The number of carbonyl (C=O) groups is 1. The Morgan fingerprint density at radius 3 is 2.67 bits per heavy atom. The van der Waals surface area contributed by atoms with Crippen molar-refractivity contribution in [3.63, 3.8) is 0 Å². The molecule has 0 radical (unpaired) electrons. The van der Waals surface area contributed by atoms with Gasteiger partial charge < -0.3 is 15.5 Å². The Morgan fingerprint density at radius 1 is 1.19 bits per heavy atom. The van der Waals surface area contributed by atoms with E-state index >= 15 is 0 Å². The maximum absolute atomic E-state index is 11.6. The quantitative estimate of drug-likeness (QED) is 0.876. The van der Waals surface area contributed by atoms with Crippen molar-refractivity contribution in [3.05, 3.63) is 35.4 Å². The molecule has 1 amide bonds. The number of nitrogens with one attached hydrogen (secondary N) is 2. The van der Waals surface area contributed by atoms with Gasteiger partial charge in [-0.3, -0.25) is 9.79 Å². The van der Waals surface area contributed by atoms with E-state index < -0.39 is 0 Å². The second-order valence-electron chi connectivity index (χ2n) is 5.60. The normalized spacial score (nSPS) is 18.4. The lowest BCUT2D eigenvalue weighted by Crippen LogP contribution is -2.40. The summed E-state index contributed by atoms with van der Waals surface area (Å²) in [6.45, 7) is 4.30. The molecule has 5 nitrogen and oxygen atoms in total.